The van der Waals surface area contributed by atoms with Gasteiger partial charge >= 0.3 is 0 Å². The van der Waals surface area contributed by atoms with Crippen molar-refractivity contribution in [3.05, 3.63) is 24.3 Å². The number of piperidine rings is 1. The van der Waals surface area contributed by atoms with Gasteiger partial charge in [-0.05, 0) is 69.8 Å². The second-order valence-corrected chi connectivity index (χ2v) is 8.14. The minimum atomic E-state index is -0.786. The summed E-state index contributed by atoms with van der Waals surface area (Å²) in [6, 6.07) is 7.61. The molecule has 1 fully saturated rings. The fourth-order valence-electron chi connectivity index (χ4n) is 3.76. The molecule has 1 aromatic rings. The van der Waals surface area contributed by atoms with Crippen LogP contribution >= 0.6 is 0 Å². The molecular weight excluding hydrogens is 352 g/mol. The van der Waals surface area contributed by atoms with Gasteiger partial charge in [-0.3, -0.25) is 9.69 Å². The number of hydrogen-bond donors (Lipinski definition) is 1. The highest BCUT2D eigenvalue weighted by atomic mass is 16.5. The second kappa shape index (κ2) is 11.4. The van der Waals surface area contributed by atoms with Gasteiger partial charge in [0.2, 0.25) is 0 Å². The fraction of sp³-hybridized carbons (Fsp3) is 0.696. The number of nitrogens with zero attached hydrogens (tertiary/aromatic N) is 1. The molecule has 0 spiro atoms. The SMILES string of the molecule is CCCC[C@](C)(OCC)C(=O)Nc1ccc(OCCN2CCC[C@@H](C)C2)cc1. The average molecular weight is 391 g/mol. The van der Waals surface area contributed by atoms with E-state index < -0.39 is 5.60 Å². The Hall–Kier alpha value is -1.59. The molecule has 1 aliphatic heterocycles. The lowest BCUT2D eigenvalue weighted by Gasteiger charge is -2.30. The van der Waals surface area contributed by atoms with Crippen LogP contribution in [0.3, 0.4) is 0 Å². The molecule has 0 unspecified atom stereocenters. The van der Waals surface area contributed by atoms with Gasteiger partial charge in [0.15, 0.2) is 0 Å². The molecule has 28 heavy (non-hydrogen) atoms. The van der Waals surface area contributed by atoms with E-state index in [-0.39, 0.29) is 5.91 Å². The van der Waals surface area contributed by atoms with Crippen molar-refractivity contribution in [1.29, 1.82) is 0 Å². The molecule has 5 heteroatoms. The quantitative estimate of drug-likeness (QED) is 0.594. The Bertz CT molecular complexity index is 590. The maximum absolute atomic E-state index is 12.7. The minimum absolute atomic E-state index is 0.0873. The van der Waals surface area contributed by atoms with Gasteiger partial charge in [0, 0.05) is 25.4 Å². The lowest BCUT2D eigenvalue weighted by atomic mass is 9.97. The molecule has 0 aliphatic carbocycles. The van der Waals surface area contributed by atoms with Gasteiger partial charge in [-0.1, -0.05) is 26.7 Å². The van der Waals surface area contributed by atoms with E-state index in [0.717, 1.165) is 43.2 Å². The maximum Gasteiger partial charge on any atom is 0.256 e. The molecule has 158 valence electrons. The first-order valence-electron chi connectivity index (χ1n) is 10.9. The minimum Gasteiger partial charge on any atom is -0.492 e. The van der Waals surface area contributed by atoms with E-state index in [1.807, 2.05) is 38.1 Å². The van der Waals surface area contributed by atoms with E-state index in [1.165, 1.54) is 25.9 Å². The van der Waals surface area contributed by atoms with E-state index in [2.05, 4.69) is 24.1 Å². The third kappa shape index (κ3) is 7.10. The lowest BCUT2D eigenvalue weighted by Crippen LogP contribution is -2.42. The van der Waals surface area contributed by atoms with Crippen LogP contribution in [0.2, 0.25) is 0 Å². The van der Waals surface area contributed by atoms with E-state index in [4.69, 9.17) is 9.47 Å². The summed E-state index contributed by atoms with van der Waals surface area (Å²) >= 11 is 0. The molecular formula is C23H38N2O3. The Kier molecular flexibility index (Phi) is 9.26. The van der Waals surface area contributed by atoms with Gasteiger partial charge in [0.25, 0.3) is 5.91 Å². The summed E-state index contributed by atoms with van der Waals surface area (Å²) in [6.07, 6.45) is 5.35. The predicted molar refractivity (Wildman–Crippen MR) is 115 cm³/mol. The van der Waals surface area contributed by atoms with Crippen LogP contribution in [0.4, 0.5) is 5.69 Å². The molecule has 1 amide bonds. The van der Waals surface area contributed by atoms with Gasteiger partial charge in [0.1, 0.15) is 18.0 Å². The molecule has 0 aromatic heterocycles. The first kappa shape index (κ1) is 22.7. The van der Waals surface area contributed by atoms with Crippen molar-refractivity contribution in [2.75, 3.05) is 38.2 Å². The van der Waals surface area contributed by atoms with Crippen molar-refractivity contribution in [1.82, 2.24) is 4.90 Å². The number of amides is 1. The molecule has 1 aromatic carbocycles. The monoisotopic (exact) mass is 390 g/mol. The Morgan fingerprint density at radius 2 is 2.04 bits per heavy atom. The van der Waals surface area contributed by atoms with Gasteiger partial charge < -0.3 is 14.8 Å². The normalized spacial score (nSPS) is 19.8. The van der Waals surface area contributed by atoms with E-state index in [0.29, 0.717) is 13.2 Å². The van der Waals surface area contributed by atoms with Gasteiger partial charge in [-0.15, -0.1) is 0 Å². The summed E-state index contributed by atoms with van der Waals surface area (Å²) in [5, 5.41) is 2.99. The third-order valence-corrected chi connectivity index (χ3v) is 5.48. The number of benzene rings is 1. The standard InChI is InChI=1S/C23H38N2O3/c1-5-7-14-23(4,28-6-2)22(26)24-20-10-12-21(13-11-20)27-17-16-25-15-8-9-19(3)18-25/h10-13,19H,5-9,14-18H2,1-4H3,(H,24,26)/t19-,23+/m1/s1. The number of hydrogen-bond acceptors (Lipinski definition) is 4. The van der Waals surface area contributed by atoms with Crippen LogP contribution in [0.15, 0.2) is 24.3 Å². The number of likely N-dealkylation sites (tertiary alicyclic amines) is 1. The average Bonchev–Trinajstić information content (AvgIpc) is 2.68. The van der Waals surface area contributed by atoms with Crippen molar-refractivity contribution in [2.45, 2.75) is 65.4 Å². The zero-order valence-electron chi connectivity index (χ0n) is 18.1. The molecule has 1 heterocycles. The Balaban J connectivity index is 1.81. The van der Waals surface area contributed by atoms with Gasteiger partial charge in [-0.2, -0.15) is 0 Å². The highest BCUT2D eigenvalue weighted by Gasteiger charge is 2.33. The number of ether oxygens (including phenoxy) is 2. The molecule has 1 aliphatic rings. The summed E-state index contributed by atoms with van der Waals surface area (Å²) in [4.78, 5) is 15.2. The highest BCUT2D eigenvalue weighted by molar-refractivity contribution is 5.97. The largest absolute Gasteiger partial charge is 0.492 e. The summed E-state index contributed by atoms with van der Waals surface area (Å²) in [5.41, 5.74) is -0.0180. The van der Waals surface area contributed by atoms with Crippen molar-refractivity contribution in [2.24, 2.45) is 5.92 Å². The highest BCUT2D eigenvalue weighted by Crippen LogP contribution is 2.23. The first-order chi connectivity index (χ1) is 13.5. The van der Waals surface area contributed by atoms with Crippen molar-refractivity contribution in [3.8, 4) is 5.75 Å². The molecule has 5 nitrogen and oxygen atoms in total. The third-order valence-electron chi connectivity index (χ3n) is 5.48. The number of carbonyl (C=O) groups excluding carboxylic acids is 1. The molecule has 1 N–H and O–H groups in total. The number of unbranched alkanes of at least 4 members (excludes halogenated alkanes) is 1. The summed E-state index contributed by atoms with van der Waals surface area (Å²) in [6.45, 7) is 12.8. The van der Waals surface area contributed by atoms with Gasteiger partial charge in [-0.25, -0.2) is 0 Å². The number of rotatable bonds is 11. The molecule has 1 saturated heterocycles. The van der Waals surface area contributed by atoms with Gasteiger partial charge in [0.05, 0.1) is 0 Å². The van der Waals surface area contributed by atoms with Crippen LogP contribution in [-0.2, 0) is 9.53 Å². The first-order valence-corrected chi connectivity index (χ1v) is 10.9. The topological polar surface area (TPSA) is 50.8 Å². The van der Waals surface area contributed by atoms with Crippen molar-refractivity contribution < 1.29 is 14.3 Å². The number of anilines is 1. The fourth-order valence-corrected chi connectivity index (χ4v) is 3.76. The zero-order valence-corrected chi connectivity index (χ0v) is 18.1. The van der Waals surface area contributed by atoms with Crippen LogP contribution in [0.25, 0.3) is 0 Å². The number of carbonyl (C=O) groups is 1. The van der Waals surface area contributed by atoms with Crippen LogP contribution in [0.5, 0.6) is 5.75 Å². The van der Waals surface area contributed by atoms with Crippen molar-refractivity contribution in [3.63, 3.8) is 0 Å². The summed E-state index contributed by atoms with van der Waals surface area (Å²) in [7, 11) is 0. The van der Waals surface area contributed by atoms with Crippen LogP contribution < -0.4 is 10.1 Å². The molecule has 0 radical (unpaired) electrons. The Labute approximate surface area is 170 Å². The molecule has 0 saturated carbocycles. The van der Waals surface area contributed by atoms with E-state index in [1.54, 1.807) is 0 Å². The molecule has 0 bridgehead atoms. The smallest absolute Gasteiger partial charge is 0.256 e. The lowest BCUT2D eigenvalue weighted by molar-refractivity contribution is -0.139. The Morgan fingerprint density at radius 1 is 1.29 bits per heavy atom. The Morgan fingerprint density at radius 3 is 2.68 bits per heavy atom. The zero-order chi connectivity index (χ0) is 20.4. The maximum atomic E-state index is 12.7. The predicted octanol–water partition coefficient (Wildman–Crippen LogP) is 4.72. The molecule has 2 atom stereocenters. The second-order valence-electron chi connectivity index (χ2n) is 8.14. The van der Waals surface area contributed by atoms with E-state index in [9.17, 15) is 4.79 Å². The molecule has 2 rings (SSSR count). The van der Waals surface area contributed by atoms with Crippen LogP contribution in [0, 0.1) is 5.92 Å². The summed E-state index contributed by atoms with van der Waals surface area (Å²) in [5.74, 6) is 1.54. The van der Waals surface area contributed by atoms with Crippen LogP contribution in [-0.4, -0.2) is 49.3 Å². The summed E-state index contributed by atoms with van der Waals surface area (Å²) < 4.78 is 11.6. The van der Waals surface area contributed by atoms with Crippen LogP contribution in [0.1, 0.15) is 59.8 Å². The number of nitrogens with one attached hydrogen (secondary N) is 1. The van der Waals surface area contributed by atoms with E-state index >= 15 is 0 Å². The van der Waals surface area contributed by atoms with Crippen molar-refractivity contribution >= 4 is 11.6 Å².